The summed E-state index contributed by atoms with van der Waals surface area (Å²) in [4.78, 5) is 22.6. The van der Waals surface area contributed by atoms with Crippen molar-refractivity contribution in [1.29, 1.82) is 0 Å². The molecule has 0 bridgehead atoms. The van der Waals surface area contributed by atoms with Crippen LogP contribution in [-0.4, -0.2) is 23.4 Å². The van der Waals surface area contributed by atoms with Crippen LogP contribution in [0.3, 0.4) is 0 Å². The molecule has 0 aliphatic heterocycles. The van der Waals surface area contributed by atoms with Crippen molar-refractivity contribution in [2.75, 3.05) is 11.9 Å². The summed E-state index contributed by atoms with van der Waals surface area (Å²) in [6.45, 7) is 6.09. The van der Waals surface area contributed by atoms with Crippen molar-refractivity contribution in [1.82, 2.24) is 15.6 Å². The van der Waals surface area contributed by atoms with Crippen LogP contribution in [-0.2, 0) is 17.9 Å². The third-order valence-electron chi connectivity index (χ3n) is 4.76. The van der Waals surface area contributed by atoms with E-state index in [0.717, 1.165) is 54.4 Å². The molecule has 1 aromatic carbocycles. The number of amides is 1. The number of guanidine groups is 1. The number of halogens is 1. The lowest BCUT2D eigenvalue weighted by atomic mass is 10.1. The minimum absolute atomic E-state index is 0. The van der Waals surface area contributed by atoms with Gasteiger partial charge in [-0.15, -0.1) is 35.3 Å². The van der Waals surface area contributed by atoms with E-state index in [1.807, 2.05) is 37.4 Å². The molecule has 1 saturated carbocycles. The SMILES string of the molecule is CCNC(=NCc1cccc(NC(=O)C2CCCC2)c1)NCc1ncc(C)s1.I. The maximum atomic E-state index is 12.3. The smallest absolute Gasteiger partial charge is 0.227 e. The van der Waals surface area contributed by atoms with Crippen LogP contribution >= 0.6 is 35.3 Å². The molecule has 1 aliphatic rings. The first-order valence-corrected chi connectivity index (χ1v) is 10.8. The molecule has 1 aliphatic carbocycles. The fraction of sp³-hybridized carbons (Fsp3) is 0.476. The minimum Gasteiger partial charge on any atom is -0.357 e. The Morgan fingerprint density at radius 2 is 2.07 bits per heavy atom. The predicted octanol–water partition coefficient (Wildman–Crippen LogP) is 4.45. The standard InChI is InChI=1S/C21H29N5OS.HI/c1-3-22-21(25-14-19-23-12-15(2)28-19)24-13-16-7-6-10-18(11-16)26-20(27)17-8-4-5-9-17;/h6-7,10-12,17H,3-5,8-9,13-14H2,1-2H3,(H,26,27)(H2,22,24,25);1H. The van der Waals surface area contributed by atoms with Gasteiger partial charge in [0, 0.05) is 29.2 Å². The predicted molar refractivity (Wildman–Crippen MR) is 131 cm³/mol. The molecule has 0 atom stereocenters. The van der Waals surface area contributed by atoms with Crippen LogP contribution < -0.4 is 16.0 Å². The number of hydrogen-bond acceptors (Lipinski definition) is 4. The maximum absolute atomic E-state index is 12.3. The fourth-order valence-corrected chi connectivity index (χ4v) is 4.06. The quantitative estimate of drug-likeness (QED) is 0.283. The molecule has 0 spiro atoms. The molecule has 2 aromatic rings. The van der Waals surface area contributed by atoms with Crippen LogP contribution in [0.4, 0.5) is 5.69 Å². The number of aromatic nitrogens is 1. The molecule has 1 heterocycles. The lowest BCUT2D eigenvalue weighted by Gasteiger charge is -2.12. The van der Waals surface area contributed by atoms with Gasteiger partial charge in [0.05, 0.1) is 13.1 Å². The van der Waals surface area contributed by atoms with Gasteiger partial charge in [0.1, 0.15) is 5.01 Å². The second-order valence-corrected chi connectivity index (χ2v) is 8.40. The molecule has 0 saturated heterocycles. The molecule has 3 N–H and O–H groups in total. The van der Waals surface area contributed by atoms with Gasteiger partial charge >= 0.3 is 0 Å². The molecule has 8 heteroatoms. The highest BCUT2D eigenvalue weighted by molar-refractivity contribution is 14.0. The highest BCUT2D eigenvalue weighted by Gasteiger charge is 2.22. The number of aryl methyl sites for hydroxylation is 1. The van der Waals surface area contributed by atoms with E-state index < -0.39 is 0 Å². The summed E-state index contributed by atoms with van der Waals surface area (Å²) in [6.07, 6.45) is 6.22. The average Bonchev–Trinajstić information content (AvgIpc) is 3.36. The molecule has 158 valence electrons. The fourth-order valence-electron chi connectivity index (χ4n) is 3.33. The molecule has 0 unspecified atom stereocenters. The third kappa shape index (κ3) is 7.58. The number of benzene rings is 1. The number of thiazole rings is 1. The van der Waals surface area contributed by atoms with Gasteiger partial charge in [0.25, 0.3) is 0 Å². The number of nitrogens with one attached hydrogen (secondary N) is 3. The van der Waals surface area contributed by atoms with Crippen LogP contribution in [0.5, 0.6) is 0 Å². The van der Waals surface area contributed by atoms with Gasteiger partial charge in [0.2, 0.25) is 5.91 Å². The monoisotopic (exact) mass is 527 g/mol. The van der Waals surface area contributed by atoms with E-state index in [1.54, 1.807) is 11.3 Å². The van der Waals surface area contributed by atoms with Crippen LogP contribution in [0, 0.1) is 12.8 Å². The summed E-state index contributed by atoms with van der Waals surface area (Å²) < 4.78 is 0. The van der Waals surface area contributed by atoms with Gasteiger partial charge < -0.3 is 16.0 Å². The van der Waals surface area contributed by atoms with Crippen molar-refractivity contribution in [3.05, 3.63) is 45.9 Å². The molecule has 3 rings (SSSR count). The van der Waals surface area contributed by atoms with Crippen LogP contribution in [0.2, 0.25) is 0 Å². The number of anilines is 1. The van der Waals surface area contributed by atoms with Gasteiger partial charge in [-0.3, -0.25) is 4.79 Å². The lowest BCUT2D eigenvalue weighted by molar-refractivity contribution is -0.119. The number of hydrogen-bond donors (Lipinski definition) is 3. The van der Waals surface area contributed by atoms with E-state index in [9.17, 15) is 4.79 Å². The number of carbonyl (C=O) groups excluding carboxylic acids is 1. The number of rotatable bonds is 7. The molecular formula is C21H30IN5OS. The van der Waals surface area contributed by atoms with Gasteiger partial charge in [-0.25, -0.2) is 9.98 Å². The van der Waals surface area contributed by atoms with Crippen LogP contribution in [0.1, 0.15) is 48.1 Å². The van der Waals surface area contributed by atoms with Crippen molar-refractivity contribution in [2.45, 2.75) is 52.6 Å². The van der Waals surface area contributed by atoms with Crippen molar-refractivity contribution in [3.63, 3.8) is 0 Å². The molecule has 0 radical (unpaired) electrons. The Hall–Kier alpha value is -1.68. The minimum atomic E-state index is 0. The Morgan fingerprint density at radius 3 is 2.76 bits per heavy atom. The van der Waals surface area contributed by atoms with E-state index in [4.69, 9.17) is 0 Å². The number of aliphatic imine (C=N–C) groups is 1. The molecule has 29 heavy (non-hydrogen) atoms. The molecule has 6 nitrogen and oxygen atoms in total. The zero-order valence-electron chi connectivity index (χ0n) is 17.0. The van der Waals surface area contributed by atoms with Gasteiger partial charge in [0.15, 0.2) is 5.96 Å². The Bertz CT molecular complexity index is 817. The third-order valence-corrected chi connectivity index (χ3v) is 5.67. The highest BCUT2D eigenvalue weighted by Crippen LogP contribution is 2.26. The van der Waals surface area contributed by atoms with E-state index >= 15 is 0 Å². The van der Waals surface area contributed by atoms with Gasteiger partial charge in [-0.2, -0.15) is 0 Å². The molecule has 1 fully saturated rings. The average molecular weight is 527 g/mol. The topological polar surface area (TPSA) is 78.4 Å². The molecule has 1 aromatic heterocycles. The Morgan fingerprint density at radius 1 is 1.28 bits per heavy atom. The maximum Gasteiger partial charge on any atom is 0.227 e. The zero-order valence-corrected chi connectivity index (χ0v) is 20.2. The van der Waals surface area contributed by atoms with E-state index in [1.165, 1.54) is 4.88 Å². The molecule has 1 amide bonds. The van der Waals surface area contributed by atoms with E-state index in [0.29, 0.717) is 13.1 Å². The van der Waals surface area contributed by atoms with Crippen molar-refractivity contribution < 1.29 is 4.79 Å². The zero-order chi connectivity index (χ0) is 19.8. The summed E-state index contributed by atoms with van der Waals surface area (Å²) in [5, 5.41) is 10.7. The molecular weight excluding hydrogens is 497 g/mol. The van der Waals surface area contributed by atoms with Gasteiger partial charge in [-0.05, 0) is 44.4 Å². The van der Waals surface area contributed by atoms with Crippen molar-refractivity contribution in [2.24, 2.45) is 10.9 Å². The van der Waals surface area contributed by atoms with Crippen LogP contribution in [0.25, 0.3) is 0 Å². The summed E-state index contributed by atoms with van der Waals surface area (Å²) in [5.74, 6) is 1.07. The Labute approximate surface area is 194 Å². The second kappa shape index (κ2) is 12.1. The normalized spacial score (nSPS) is 14.3. The Kier molecular flexibility index (Phi) is 9.86. The summed E-state index contributed by atoms with van der Waals surface area (Å²) in [7, 11) is 0. The second-order valence-electron chi connectivity index (χ2n) is 7.08. The summed E-state index contributed by atoms with van der Waals surface area (Å²) in [6, 6.07) is 7.94. The van der Waals surface area contributed by atoms with Crippen LogP contribution in [0.15, 0.2) is 35.5 Å². The van der Waals surface area contributed by atoms with E-state index in [2.05, 4.69) is 32.9 Å². The highest BCUT2D eigenvalue weighted by atomic mass is 127. The van der Waals surface area contributed by atoms with Crippen molar-refractivity contribution >= 4 is 52.9 Å². The lowest BCUT2D eigenvalue weighted by Crippen LogP contribution is -2.36. The number of nitrogens with zero attached hydrogens (tertiary/aromatic N) is 2. The van der Waals surface area contributed by atoms with E-state index in [-0.39, 0.29) is 35.8 Å². The first-order valence-electron chi connectivity index (χ1n) is 9.97. The first kappa shape index (κ1) is 23.6. The summed E-state index contributed by atoms with van der Waals surface area (Å²) in [5.41, 5.74) is 1.91. The Balaban J connectivity index is 0.00000300. The first-order chi connectivity index (χ1) is 13.6. The number of carbonyl (C=O) groups is 1. The largest absolute Gasteiger partial charge is 0.357 e. The summed E-state index contributed by atoms with van der Waals surface area (Å²) >= 11 is 1.68. The van der Waals surface area contributed by atoms with Crippen molar-refractivity contribution in [3.8, 4) is 0 Å². The van der Waals surface area contributed by atoms with Gasteiger partial charge in [-0.1, -0.05) is 25.0 Å².